The lowest BCUT2D eigenvalue weighted by Gasteiger charge is -2.28. The minimum absolute atomic E-state index is 0.118. The predicted molar refractivity (Wildman–Crippen MR) is 111 cm³/mol. The van der Waals surface area contributed by atoms with E-state index < -0.39 is 29.7 Å². The third-order valence-corrected chi connectivity index (χ3v) is 4.73. The van der Waals surface area contributed by atoms with E-state index in [1.807, 2.05) is 13.8 Å². The number of hydrogen-bond donors (Lipinski definition) is 3. The van der Waals surface area contributed by atoms with Gasteiger partial charge in [0.1, 0.15) is 11.6 Å². The molecule has 9 heteroatoms. The summed E-state index contributed by atoms with van der Waals surface area (Å²) in [6.45, 7) is 9.65. The van der Waals surface area contributed by atoms with Crippen LogP contribution >= 0.6 is 11.6 Å². The van der Waals surface area contributed by atoms with Crippen LogP contribution < -0.4 is 16.0 Å². The van der Waals surface area contributed by atoms with Gasteiger partial charge in [0.05, 0.1) is 11.9 Å². The Labute approximate surface area is 177 Å². The van der Waals surface area contributed by atoms with Crippen molar-refractivity contribution in [2.24, 2.45) is 11.8 Å². The second-order valence-electron chi connectivity index (χ2n) is 8.86. The van der Waals surface area contributed by atoms with Crippen molar-refractivity contribution in [1.29, 1.82) is 0 Å². The summed E-state index contributed by atoms with van der Waals surface area (Å²) >= 11 is 5.71. The Bertz CT molecular complexity index is 603. The molecule has 1 saturated heterocycles. The molecule has 3 atom stereocenters. The molecule has 0 spiro atoms. The van der Waals surface area contributed by atoms with Crippen LogP contribution in [-0.4, -0.2) is 53.8 Å². The zero-order valence-corrected chi connectivity index (χ0v) is 18.7. The quantitative estimate of drug-likeness (QED) is 0.484. The van der Waals surface area contributed by atoms with E-state index in [0.717, 1.165) is 6.42 Å². The van der Waals surface area contributed by atoms with Crippen LogP contribution in [0.3, 0.4) is 0 Å². The van der Waals surface area contributed by atoms with E-state index in [0.29, 0.717) is 19.4 Å². The number of piperidine rings is 1. The SMILES string of the molecule is CC(C)C[C@H](NC(=O)OC(C)(C)C)C(=O)N[C@@H](C[C@@H]1CCCNC1=O)C(=O)CCl. The summed E-state index contributed by atoms with van der Waals surface area (Å²) in [6, 6.07) is -1.75. The lowest BCUT2D eigenvalue weighted by molar-refractivity contribution is -0.131. The summed E-state index contributed by atoms with van der Waals surface area (Å²) in [5, 5.41) is 8.04. The minimum atomic E-state index is -0.885. The lowest BCUT2D eigenvalue weighted by atomic mass is 9.90. The molecule has 3 N–H and O–H groups in total. The summed E-state index contributed by atoms with van der Waals surface area (Å²) in [4.78, 5) is 49.3. The predicted octanol–water partition coefficient (Wildman–Crippen LogP) is 2.13. The van der Waals surface area contributed by atoms with Gasteiger partial charge < -0.3 is 20.7 Å². The molecule has 29 heavy (non-hydrogen) atoms. The highest BCUT2D eigenvalue weighted by atomic mass is 35.5. The number of hydrogen-bond acceptors (Lipinski definition) is 5. The van der Waals surface area contributed by atoms with Crippen LogP contribution in [-0.2, 0) is 19.1 Å². The van der Waals surface area contributed by atoms with Crippen molar-refractivity contribution >= 4 is 35.3 Å². The summed E-state index contributed by atoms with van der Waals surface area (Å²) in [5.74, 6) is -1.49. The second-order valence-corrected chi connectivity index (χ2v) is 9.12. The lowest BCUT2D eigenvalue weighted by Crippen LogP contribution is -2.54. The van der Waals surface area contributed by atoms with Crippen LogP contribution in [0, 0.1) is 11.8 Å². The van der Waals surface area contributed by atoms with Crippen molar-refractivity contribution < 1.29 is 23.9 Å². The smallest absolute Gasteiger partial charge is 0.408 e. The van der Waals surface area contributed by atoms with Crippen LogP contribution in [0.25, 0.3) is 0 Å². The number of halogens is 1. The van der Waals surface area contributed by atoms with Crippen LogP contribution in [0.2, 0.25) is 0 Å². The summed E-state index contributed by atoms with van der Waals surface area (Å²) in [6.07, 6.45) is 1.33. The topological polar surface area (TPSA) is 114 Å². The van der Waals surface area contributed by atoms with E-state index in [1.165, 1.54) is 0 Å². The van der Waals surface area contributed by atoms with E-state index >= 15 is 0 Å². The molecule has 0 unspecified atom stereocenters. The fourth-order valence-electron chi connectivity index (χ4n) is 3.13. The number of alkyl halides is 1. The number of alkyl carbamates (subject to hydrolysis) is 1. The highest BCUT2D eigenvalue weighted by Gasteiger charge is 2.32. The first-order valence-electron chi connectivity index (χ1n) is 10.1. The molecule has 0 aliphatic carbocycles. The molecule has 0 bridgehead atoms. The zero-order chi connectivity index (χ0) is 22.2. The third-order valence-electron chi connectivity index (χ3n) is 4.47. The molecular weight excluding hydrogens is 398 g/mol. The molecule has 1 heterocycles. The molecule has 0 aromatic rings. The first-order chi connectivity index (χ1) is 13.4. The number of ketones is 1. The third kappa shape index (κ3) is 9.47. The molecule has 1 fully saturated rings. The Hall–Kier alpha value is -1.83. The van der Waals surface area contributed by atoms with Crippen LogP contribution in [0.15, 0.2) is 0 Å². The van der Waals surface area contributed by atoms with Crippen molar-refractivity contribution in [3.05, 3.63) is 0 Å². The van der Waals surface area contributed by atoms with Crippen molar-refractivity contribution in [2.75, 3.05) is 12.4 Å². The van der Waals surface area contributed by atoms with E-state index in [4.69, 9.17) is 16.3 Å². The first-order valence-corrected chi connectivity index (χ1v) is 10.6. The van der Waals surface area contributed by atoms with Crippen molar-refractivity contribution in [1.82, 2.24) is 16.0 Å². The molecule has 1 aliphatic rings. The summed E-state index contributed by atoms with van der Waals surface area (Å²) in [7, 11) is 0. The Kier molecular flexibility index (Phi) is 9.89. The Morgan fingerprint density at radius 1 is 1.21 bits per heavy atom. The molecule has 8 nitrogen and oxygen atoms in total. The number of carbonyl (C=O) groups is 4. The van der Waals surface area contributed by atoms with Gasteiger partial charge in [-0.1, -0.05) is 13.8 Å². The molecule has 1 aliphatic heterocycles. The van der Waals surface area contributed by atoms with Gasteiger partial charge in [0.15, 0.2) is 5.78 Å². The van der Waals surface area contributed by atoms with Crippen molar-refractivity contribution in [3.63, 3.8) is 0 Å². The van der Waals surface area contributed by atoms with E-state index in [2.05, 4.69) is 16.0 Å². The average Bonchev–Trinajstić information content (AvgIpc) is 2.59. The maximum atomic E-state index is 12.9. The highest BCUT2D eigenvalue weighted by Crippen LogP contribution is 2.19. The number of nitrogens with one attached hydrogen (secondary N) is 3. The molecular formula is C20H34ClN3O5. The first kappa shape index (κ1) is 25.2. The van der Waals surface area contributed by atoms with Gasteiger partial charge in [0.25, 0.3) is 0 Å². The van der Waals surface area contributed by atoms with Gasteiger partial charge in [-0.05, 0) is 52.4 Å². The van der Waals surface area contributed by atoms with Gasteiger partial charge in [-0.3, -0.25) is 14.4 Å². The Morgan fingerprint density at radius 3 is 2.38 bits per heavy atom. The maximum absolute atomic E-state index is 12.9. The van der Waals surface area contributed by atoms with Gasteiger partial charge >= 0.3 is 6.09 Å². The summed E-state index contributed by atoms with van der Waals surface area (Å²) < 4.78 is 5.24. The second kappa shape index (κ2) is 11.4. The fraction of sp³-hybridized carbons (Fsp3) is 0.800. The Morgan fingerprint density at radius 2 is 1.86 bits per heavy atom. The number of Topliss-reactive ketones (excluding diaryl/α,β-unsaturated/α-hetero) is 1. The largest absolute Gasteiger partial charge is 0.444 e. The van der Waals surface area contributed by atoms with Gasteiger partial charge in [0.2, 0.25) is 11.8 Å². The number of amides is 3. The summed E-state index contributed by atoms with van der Waals surface area (Å²) in [5.41, 5.74) is -0.700. The number of carbonyl (C=O) groups excluding carboxylic acids is 4. The maximum Gasteiger partial charge on any atom is 0.408 e. The van der Waals surface area contributed by atoms with Crippen LogP contribution in [0.4, 0.5) is 4.79 Å². The van der Waals surface area contributed by atoms with Crippen LogP contribution in [0.5, 0.6) is 0 Å². The van der Waals surface area contributed by atoms with Gasteiger partial charge in [-0.25, -0.2) is 4.79 Å². The van der Waals surface area contributed by atoms with E-state index in [9.17, 15) is 19.2 Å². The minimum Gasteiger partial charge on any atom is -0.444 e. The highest BCUT2D eigenvalue weighted by molar-refractivity contribution is 6.28. The van der Waals surface area contributed by atoms with E-state index in [-0.39, 0.29) is 35.8 Å². The van der Waals surface area contributed by atoms with Gasteiger partial charge in [-0.2, -0.15) is 0 Å². The molecule has 166 valence electrons. The Balaban J connectivity index is 2.86. The normalized spacial score (nSPS) is 19.1. The van der Waals surface area contributed by atoms with Crippen molar-refractivity contribution in [2.45, 2.75) is 78.0 Å². The monoisotopic (exact) mass is 431 g/mol. The molecule has 0 saturated carbocycles. The standard InChI is InChI=1S/C20H34ClN3O5/c1-12(2)9-15(24-19(28)29-20(3,4)5)18(27)23-14(16(25)11-21)10-13-7-6-8-22-17(13)26/h12-15H,6-11H2,1-5H3,(H,22,26)(H,23,27)(H,24,28)/t13-,14-,15-/m0/s1. The molecule has 0 aromatic heterocycles. The van der Waals surface area contributed by atoms with Gasteiger partial charge in [-0.15, -0.1) is 11.6 Å². The average molecular weight is 432 g/mol. The van der Waals surface area contributed by atoms with Crippen LogP contribution in [0.1, 0.15) is 60.3 Å². The van der Waals surface area contributed by atoms with E-state index in [1.54, 1.807) is 20.8 Å². The zero-order valence-electron chi connectivity index (χ0n) is 18.0. The number of rotatable bonds is 9. The number of ether oxygens (including phenoxy) is 1. The van der Waals surface area contributed by atoms with Crippen molar-refractivity contribution in [3.8, 4) is 0 Å². The molecule has 0 radical (unpaired) electrons. The van der Waals surface area contributed by atoms with Gasteiger partial charge in [0, 0.05) is 12.5 Å². The molecule has 3 amide bonds. The fourth-order valence-corrected chi connectivity index (χ4v) is 3.32. The molecule has 0 aromatic carbocycles. The molecule has 1 rings (SSSR count).